The van der Waals surface area contributed by atoms with Gasteiger partial charge in [-0.1, -0.05) is 6.92 Å². The number of ether oxygens (including phenoxy) is 1. The van der Waals surface area contributed by atoms with Crippen molar-refractivity contribution >= 4 is 5.82 Å². The molecule has 1 aromatic heterocycles. The molecule has 100 valence electrons. The van der Waals surface area contributed by atoms with Crippen LogP contribution in [0.2, 0.25) is 0 Å². The van der Waals surface area contributed by atoms with Crippen LogP contribution in [0.15, 0.2) is 12.3 Å². The Morgan fingerprint density at radius 1 is 1.61 bits per heavy atom. The fourth-order valence-electron chi connectivity index (χ4n) is 2.11. The molecule has 5 heteroatoms. The summed E-state index contributed by atoms with van der Waals surface area (Å²) in [6.45, 7) is 7.33. The van der Waals surface area contributed by atoms with Crippen molar-refractivity contribution in [2.45, 2.75) is 26.4 Å². The van der Waals surface area contributed by atoms with Gasteiger partial charge in [0.05, 0.1) is 19.3 Å². The quantitative estimate of drug-likeness (QED) is 0.883. The maximum atomic E-state index is 14.4. The molecule has 0 aromatic carbocycles. The van der Waals surface area contributed by atoms with Gasteiger partial charge in [0.25, 0.3) is 0 Å². The molecule has 1 unspecified atom stereocenters. The minimum absolute atomic E-state index is 0.162. The van der Waals surface area contributed by atoms with Crippen LogP contribution in [0, 0.1) is 5.82 Å². The van der Waals surface area contributed by atoms with Crippen molar-refractivity contribution in [3.05, 3.63) is 23.6 Å². The van der Waals surface area contributed by atoms with E-state index in [-0.39, 0.29) is 11.9 Å². The number of morpholine rings is 1. The first kappa shape index (κ1) is 13.2. The van der Waals surface area contributed by atoms with Crippen molar-refractivity contribution in [3.63, 3.8) is 0 Å². The molecule has 1 aromatic rings. The van der Waals surface area contributed by atoms with Gasteiger partial charge in [0, 0.05) is 24.8 Å². The predicted octanol–water partition coefficient (Wildman–Crippen LogP) is 1.56. The molecule has 1 saturated heterocycles. The monoisotopic (exact) mass is 253 g/mol. The van der Waals surface area contributed by atoms with Crippen molar-refractivity contribution in [1.82, 2.24) is 10.3 Å². The van der Waals surface area contributed by atoms with Crippen molar-refractivity contribution < 1.29 is 9.13 Å². The van der Waals surface area contributed by atoms with Crippen LogP contribution in [0.3, 0.4) is 0 Å². The summed E-state index contributed by atoms with van der Waals surface area (Å²) in [6, 6.07) is 1.89. The highest BCUT2D eigenvalue weighted by molar-refractivity contribution is 5.44. The highest BCUT2D eigenvalue weighted by atomic mass is 19.1. The minimum Gasteiger partial charge on any atom is -0.377 e. The van der Waals surface area contributed by atoms with E-state index in [0.29, 0.717) is 37.7 Å². The number of nitrogens with one attached hydrogen (secondary N) is 1. The van der Waals surface area contributed by atoms with Crippen LogP contribution in [-0.2, 0) is 11.3 Å². The van der Waals surface area contributed by atoms with Gasteiger partial charge in [0.1, 0.15) is 0 Å². The lowest BCUT2D eigenvalue weighted by Gasteiger charge is -2.34. The second-order valence-corrected chi connectivity index (χ2v) is 4.51. The van der Waals surface area contributed by atoms with Gasteiger partial charge in [-0.05, 0) is 19.5 Å². The molecule has 4 nitrogen and oxygen atoms in total. The third-order valence-corrected chi connectivity index (χ3v) is 3.16. The molecule has 0 bridgehead atoms. The Morgan fingerprint density at radius 2 is 2.44 bits per heavy atom. The lowest BCUT2D eigenvalue weighted by atomic mass is 10.2. The number of hydrogen-bond acceptors (Lipinski definition) is 4. The van der Waals surface area contributed by atoms with Gasteiger partial charge in [0.2, 0.25) is 0 Å². The number of rotatable bonds is 4. The fourth-order valence-corrected chi connectivity index (χ4v) is 2.11. The lowest BCUT2D eigenvalue weighted by molar-refractivity contribution is 0.0981. The SMILES string of the molecule is CCNCc1ccnc(N2CCOCC2C)c1F. The van der Waals surface area contributed by atoms with Crippen LogP contribution < -0.4 is 10.2 Å². The van der Waals surface area contributed by atoms with Crippen molar-refractivity contribution in [2.75, 3.05) is 31.2 Å². The Kier molecular flexibility index (Phi) is 4.49. The first-order chi connectivity index (χ1) is 8.74. The molecule has 18 heavy (non-hydrogen) atoms. The molecular weight excluding hydrogens is 233 g/mol. The van der Waals surface area contributed by atoms with E-state index in [2.05, 4.69) is 10.3 Å². The zero-order chi connectivity index (χ0) is 13.0. The molecule has 0 amide bonds. The molecule has 0 saturated carbocycles. The smallest absolute Gasteiger partial charge is 0.170 e. The fraction of sp³-hybridized carbons (Fsp3) is 0.615. The van der Waals surface area contributed by atoms with E-state index in [1.54, 1.807) is 12.3 Å². The van der Waals surface area contributed by atoms with Gasteiger partial charge in [-0.3, -0.25) is 0 Å². The molecule has 0 radical (unpaired) electrons. The summed E-state index contributed by atoms with van der Waals surface area (Å²) in [5.41, 5.74) is 0.667. The van der Waals surface area contributed by atoms with E-state index >= 15 is 0 Å². The largest absolute Gasteiger partial charge is 0.377 e. The van der Waals surface area contributed by atoms with Gasteiger partial charge < -0.3 is 15.0 Å². The van der Waals surface area contributed by atoms with Gasteiger partial charge in [-0.15, -0.1) is 0 Å². The third kappa shape index (κ3) is 2.79. The third-order valence-electron chi connectivity index (χ3n) is 3.16. The van der Waals surface area contributed by atoms with Crippen LogP contribution in [0.4, 0.5) is 10.2 Å². The van der Waals surface area contributed by atoms with Gasteiger partial charge in [0.15, 0.2) is 11.6 Å². The topological polar surface area (TPSA) is 37.4 Å². The Balaban J connectivity index is 2.21. The van der Waals surface area contributed by atoms with Crippen LogP contribution in [0.1, 0.15) is 19.4 Å². The molecule has 1 fully saturated rings. The van der Waals surface area contributed by atoms with E-state index < -0.39 is 0 Å². The predicted molar refractivity (Wildman–Crippen MR) is 69.2 cm³/mol. The zero-order valence-corrected chi connectivity index (χ0v) is 10.9. The van der Waals surface area contributed by atoms with E-state index in [9.17, 15) is 4.39 Å². The van der Waals surface area contributed by atoms with Crippen molar-refractivity contribution in [2.24, 2.45) is 0 Å². The highest BCUT2D eigenvalue weighted by Gasteiger charge is 2.23. The number of pyridine rings is 1. The number of hydrogen-bond donors (Lipinski definition) is 1. The summed E-state index contributed by atoms with van der Waals surface area (Å²) in [6.07, 6.45) is 1.67. The van der Waals surface area contributed by atoms with Crippen LogP contribution in [0.25, 0.3) is 0 Å². The average Bonchev–Trinajstić information content (AvgIpc) is 2.39. The highest BCUT2D eigenvalue weighted by Crippen LogP contribution is 2.22. The Labute approximate surface area is 107 Å². The van der Waals surface area contributed by atoms with Crippen LogP contribution >= 0.6 is 0 Å². The van der Waals surface area contributed by atoms with E-state index in [4.69, 9.17) is 4.74 Å². The summed E-state index contributed by atoms with van der Waals surface area (Å²) < 4.78 is 19.7. The molecule has 2 rings (SSSR count). The summed E-state index contributed by atoms with van der Waals surface area (Å²) in [5, 5.41) is 3.14. The zero-order valence-electron chi connectivity index (χ0n) is 10.9. The molecule has 0 aliphatic carbocycles. The number of halogens is 1. The summed E-state index contributed by atoms with van der Waals surface area (Å²) in [7, 11) is 0. The Morgan fingerprint density at radius 3 is 3.17 bits per heavy atom. The van der Waals surface area contributed by atoms with Crippen LogP contribution in [0.5, 0.6) is 0 Å². The molecule has 1 atom stereocenters. The maximum absolute atomic E-state index is 14.4. The van der Waals surface area contributed by atoms with Gasteiger partial charge >= 0.3 is 0 Å². The second kappa shape index (κ2) is 6.11. The Hall–Kier alpha value is -1.20. The maximum Gasteiger partial charge on any atom is 0.170 e. The number of anilines is 1. The van der Waals surface area contributed by atoms with E-state index in [0.717, 1.165) is 6.54 Å². The normalized spacial score (nSPS) is 20.2. The van der Waals surface area contributed by atoms with Crippen molar-refractivity contribution in [1.29, 1.82) is 0 Å². The first-order valence-electron chi connectivity index (χ1n) is 6.42. The molecular formula is C13H20FN3O. The molecule has 1 N–H and O–H groups in total. The first-order valence-corrected chi connectivity index (χ1v) is 6.42. The molecule has 1 aliphatic heterocycles. The molecule has 0 spiro atoms. The standard InChI is InChI=1S/C13H20FN3O/c1-3-15-8-11-4-5-16-13(12(11)14)17-6-7-18-9-10(17)2/h4-5,10,15H,3,6-9H2,1-2H3. The minimum atomic E-state index is -0.216. The summed E-state index contributed by atoms with van der Waals surface area (Å²) in [4.78, 5) is 6.17. The molecule has 1 aliphatic rings. The average molecular weight is 253 g/mol. The van der Waals surface area contributed by atoms with E-state index in [1.165, 1.54) is 0 Å². The second-order valence-electron chi connectivity index (χ2n) is 4.51. The van der Waals surface area contributed by atoms with Crippen LogP contribution in [-0.4, -0.2) is 37.3 Å². The Bertz CT molecular complexity index is 400. The summed E-state index contributed by atoms with van der Waals surface area (Å²) >= 11 is 0. The lowest BCUT2D eigenvalue weighted by Crippen LogP contribution is -2.44. The van der Waals surface area contributed by atoms with Crippen molar-refractivity contribution in [3.8, 4) is 0 Å². The number of aromatic nitrogens is 1. The van der Waals surface area contributed by atoms with E-state index in [1.807, 2.05) is 18.7 Å². The number of nitrogens with zero attached hydrogens (tertiary/aromatic N) is 2. The van der Waals surface area contributed by atoms with Gasteiger partial charge in [-0.2, -0.15) is 0 Å². The van der Waals surface area contributed by atoms with Gasteiger partial charge in [-0.25, -0.2) is 9.37 Å². The molecule has 2 heterocycles. The summed E-state index contributed by atoms with van der Waals surface area (Å²) in [5.74, 6) is 0.230.